The topological polar surface area (TPSA) is 78.4 Å². The van der Waals surface area contributed by atoms with E-state index in [9.17, 15) is 8.94 Å². The predicted octanol–water partition coefficient (Wildman–Crippen LogP) is 4.14. The number of pyridine rings is 1. The van der Waals surface area contributed by atoms with E-state index in [1.807, 2.05) is 60.2 Å². The van der Waals surface area contributed by atoms with Crippen molar-refractivity contribution in [2.45, 2.75) is 10.9 Å². The fourth-order valence-corrected chi connectivity index (χ4v) is 4.06. The summed E-state index contributed by atoms with van der Waals surface area (Å²) in [5, 5.41) is 3.08. The highest BCUT2D eigenvalue weighted by atomic mass is 32.2. The molecule has 4 aromatic rings. The number of aromatic nitrogens is 2. The van der Waals surface area contributed by atoms with Crippen LogP contribution in [0.2, 0.25) is 0 Å². The molecule has 0 aliphatic carbocycles. The molecule has 31 heavy (non-hydrogen) atoms. The van der Waals surface area contributed by atoms with Gasteiger partial charge in [0, 0.05) is 25.0 Å². The highest BCUT2D eigenvalue weighted by Gasteiger charge is 2.17. The van der Waals surface area contributed by atoms with E-state index in [-0.39, 0.29) is 11.9 Å². The summed E-state index contributed by atoms with van der Waals surface area (Å²) in [6.45, 7) is 0. The summed E-state index contributed by atoms with van der Waals surface area (Å²) < 4.78 is 27.0. The van der Waals surface area contributed by atoms with Crippen LogP contribution in [0.5, 0.6) is 0 Å². The van der Waals surface area contributed by atoms with Crippen molar-refractivity contribution in [1.29, 1.82) is 0 Å². The number of hydrogen-bond donors (Lipinski definition) is 2. The zero-order valence-electron chi connectivity index (χ0n) is 17.2. The zero-order chi connectivity index (χ0) is 22.0. The van der Waals surface area contributed by atoms with Gasteiger partial charge in [-0.25, -0.2) is 9.37 Å². The van der Waals surface area contributed by atoms with Gasteiger partial charge in [0.1, 0.15) is 17.7 Å². The predicted molar refractivity (Wildman–Crippen MR) is 123 cm³/mol. The minimum atomic E-state index is -1.04. The third kappa shape index (κ3) is 4.34. The maximum absolute atomic E-state index is 13.3. The number of benzene rings is 2. The van der Waals surface area contributed by atoms with Gasteiger partial charge in [0.05, 0.1) is 17.9 Å². The fraction of sp³-hybridized carbons (Fsp3) is 0.125. The molecule has 0 spiro atoms. The molecular weight excluding hydrogens is 411 g/mol. The molecule has 7 heteroatoms. The van der Waals surface area contributed by atoms with Crippen LogP contribution in [-0.2, 0) is 11.2 Å². The number of imidazole rings is 1. The monoisotopic (exact) mass is 434 g/mol. The third-order valence-corrected chi connectivity index (χ3v) is 6.12. The molecule has 3 N–H and O–H groups in total. The highest BCUT2D eigenvalue weighted by Crippen LogP contribution is 2.30. The van der Waals surface area contributed by atoms with Crippen LogP contribution in [-0.4, -0.2) is 27.2 Å². The number of hydrogen-bond acceptors (Lipinski definition) is 4. The molecule has 5 nitrogen and oxygen atoms in total. The Labute approximate surface area is 183 Å². The number of halogens is 1. The Kier molecular flexibility index (Phi) is 6.08. The number of rotatable bonds is 6. The first-order chi connectivity index (χ1) is 15.0. The average molecular weight is 435 g/mol. The summed E-state index contributed by atoms with van der Waals surface area (Å²) in [6, 6.07) is 17.4. The highest BCUT2D eigenvalue weighted by molar-refractivity contribution is 7.90. The molecule has 2 aromatic carbocycles. The maximum atomic E-state index is 13.3. The fourth-order valence-electron chi connectivity index (χ4n) is 3.54. The standard InChI is InChI=1S/C24H23FN4OS/c1-27-13-21(24(26)17-5-10-20(11-6-17)31(2)30)18-7-12-23-28-14-22(29(23)15-18)16-3-8-19(25)9-4-16/h3-15,24,27H,26H2,1-2H3/b21-13-/t24?,31-/m0/s1. The Morgan fingerprint density at radius 1 is 1.13 bits per heavy atom. The van der Waals surface area contributed by atoms with Crippen LogP contribution in [0.25, 0.3) is 22.5 Å². The van der Waals surface area contributed by atoms with E-state index < -0.39 is 11.2 Å². The number of nitrogens with zero attached hydrogens (tertiary/aromatic N) is 2. The molecule has 0 saturated heterocycles. The molecule has 0 saturated carbocycles. The quantitative estimate of drug-likeness (QED) is 0.447. The van der Waals surface area contributed by atoms with E-state index in [1.54, 1.807) is 24.6 Å². The van der Waals surface area contributed by atoms with Gasteiger partial charge in [0.2, 0.25) is 0 Å². The Bertz CT molecular complexity index is 1220. The van der Waals surface area contributed by atoms with Crippen LogP contribution in [0.3, 0.4) is 0 Å². The van der Waals surface area contributed by atoms with Crippen molar-refractivity contribution < 1.29 is 8.94 Å². The minimum Gasteiger partial charge on any atom is -0.612 e. The summed E-state index contributed by atoms with van der Waals surface area (Å²) in [5.74, 6) is -0.276. The van der Waals surface area contributed by atoms with Crippen LogP contribution in [0, 0.1) is 5.82 Å². The van der Waals surface area contributed by atoms with E-state index in [0.29, 0.717) is 0 Å². The molecule has 2 heterocycles. The summed E-state index contributed by atoms with van der Waals surface area (Å²) in [6.07, 6.45) is 7.30. The summed E-state index contributed by atoms with van der Waals surface area (Å²) >= 11 is -1.04. The molecule has 4 rings (SSSR count). The molecule has 0 radical (unpaired) electrons. The van der Waals surface area contributed by atoms with Crippen LogP contribution < -0.4 is 11.1 Å². The Balaban J connectivity index is 1.74. The van der Waals surface area contributed by atoms with Gasteiger partial charge in [0.25, 0.3) is 0 Å². The van der Waals surface area contributed by atoms with Crippen molar-refractivity contribution in [2.75, 3.05) is 13.3 Å². The van der Waals surface area contributed by atoms with E-state index >= 15 is 0 Å². The lowest BCUT2D eigenvalue weighted by Gasteiger charge is -2.18. The molecule has 0 bridgehead atoms. The van der Waals surface area contributed by atoms with Crippen molar-refractivity contribution >= 4 is 22.4 Å². The largest absolute Gasteiger partial charge is 0.612 e. The Hall–Kier alpha value is -3.13. The van der Waals surface area contributed by atoms with E-state index in [1.165, 1.54) is 12.1 Å². The lowest BCUT2D eigenvalue weighted by atomic mass is 9.95. The molecule has 0 aliphatic rings. The molecule has 2 aromatic heterocycles. The van der Waals surface area contributed by atoms with Crippen molar-refractivity contribution in [1.82, 2.24) is 14.7 Å². The van der Waals surface area contributed by atoms with Crippen molar-refractivity contribution in [2.24, 2.45) is 5.73 Å². The van der Waals surface area contributed by atoms with Crippen molar-refractivity contribution in [3.05, 3.63) is 96.2 Å². The maximum Gasteiger partial charge on any atom is 0.152 e. The average Bonchev–Trinajstić information content (AvgIpc) is 3.21. The van der Waals surface area contributed by atoms with E-state index in [0.717, 1.165) is 38.5 Å². The van der Waals surface area contributed by atoms with Crippen LogP contribution >= 0.6 is 0 Å². The lowest BCUT2D eigenvalue weighted by molar-refractivity contribution is 0.600. The lowest BCUT2D eigenvalue weighted by Crippen LogP contribution is -2.15. The van der Waals surface area contributed by atoms with Crippen LogP contribution in [0.4, 0.5) is 4.39 Å². The second-order valence-corrected chi connectivity index (χ2v) is 8.57. The van der Waals surface area contributed by atoms with E-state index in [2.05, 4.69) is 10.3 Å². The summed E-state index contributed by atoms with van der Waals surface area (Å²) in [4.78, 5) is 5.23. The van der Waals surface area contributed by atoms with Crippen LogP contribution in [0.1, 0.15) is 17.2 Å². The molecule has 0 aliphatic heterocycles. The summed E-state index contributed by atoms with van der Waals surface area (Å²) in [7, 11) is 1.83. The zero-order valence-corrected chi connectivity index (χ0v) is 18.1. The SMILES string of the molecule is CN/C=C(/c1ccc2ncc(-c3ccc(F)cc3)n2c1)C(N)c1ccc([S@+](C)[O-])cc1. The molecule has 2 atom stereocenters. The molecule has 0 fully saturated rings. The first-order valence-corrected chi connectivity index (χ1v) is 11.3. The molecule has 0 amide bonds. The Morgan fingerprint density at radius 3 is 2.48 bits per heavy atom. The van der Waals surface area contributed by atoms with Gasteiger partial charge in [0.15, 0.2) is 4.90 Å². The second-order valence-electron chi connectivity index (χ2n) is 7.19. The van der Waals surface area contributed by atoms with Gasteiger partial charge < -0.3 is 15.6 Å². The second kappa shape index (κ2) is 8.93. The normalized spacial score (nSPS) is 13.9. The van der Waals surface area contributed by atoms with Gasteiger partial charge in [-0.3, -0.25) is 4.40 Å². The van der Waals surface area contributed by atoms with Gasteiger partial charge in [-0.15, -0.1) is 0 Å². The van der Waals surface area contributed by atoms with E-state index in [4.69, 9.17) is 5.73 Å². The molecule has 158 valence electrons. The molecule has 1 unspecified atom stereocenters. The summed E-state index contributed by atoms with van der Waals surface area (Å²) in [5.41, 5.74) is 11.9. The van der Waals surface area contributed by atoms with Crippen molar-refractivity contribution in [3.63, 3.8) is 0 Å². The minimum absolute atomic E-state index is 0.276. The van der Waals surface area contributed by atoms with Gasteiger partial charge in [-0.2, -0.15) is 0 Å². The first-order valence-electron chi connectivity index (χ1n) is 9.77. The van der Waals surface area contributed by atoms with Gasteiger partial charge in [-0.1, -0.05) is 12.1 Å². The number of nitrogens with two attached hydrogens (primary N) is 1. The first kappa shape index (κ1) is 21.1. The number of nitrogens with one attached hydrogen (secondary N) is 1. The van der Waals surface area contributed by atoms with Gasteiger partial charge in [-0.05, 0) is 76.4 Å². The Morgan fingerprint density at radius 2 is 1.84 bits per heavy atom. The molecular formula is C24H23FN4OS. The van der Waals surface area contributed by atoms with Gasteiger partial charge >= 0.3 is 0 Å². The van der Waals surface area contributed by atoms with Crippen molar-refractivity contribution in [3.8, 4) is 11.3 Å². The number of fused-ring (bicyclic) bond motifs is 1. The third-order valence-electron chi connectivity index (χ3n) is 5.18. The van der Waals surface area contributed by atoms with Crippen LogP contribution in [0.15, 0.2) is 84.2 Å². The smallest absolute Gasteiger partial charge is 0.152 e.